The second kappa shape index (κ2) is 2.63. The molecule has 1 aliphatic rings. The van der Waals surface area contributed by atoms with E-state index in [9.17, 15) is 4.79 Å². The molecule has 0 amide bonds. The zero-order valence-corrected chi connectivity index (χ0v) is 7.11. The predicted octanol–water partition coefficient (Wildman–Crippen LogP) is 1.42. The smallest absolute Gasteiger partial charge is 0.307 e. The number of allylic oxidation sites excluding steroid dienone is 2. The van der Waals surface area contributed by atoms with Crippen molar-refractivity contribution in [2.75, 3.05) is 0 Å². The van der Waals surface area contributed by atoms with Crippen LogP contribution in [-0.2, 0) is 4.79 Å². The van der Waals surface area contributed by atoms with Gasteiger partial charge in [0, 0.05) is 6.08 Å². The van der Waals surface area contributed by atoms with Crippen molar-refractivity contribution in [3.63, 3.8) is 0 Å². The first-order valence-electron chi connectivity index (χ1n) is 3.81. The number of hydrogen-bond acceptors (Lipinski definition) is 2. The molecule has 1 rings (SSSR count). The molecule has 2 atom stereocenters. The summed E-state index contributed by atoms with van der Waals surface area (Å²) in [4.78, 5) is 10.6. The van der Waals surface area contributed by atoms with Crippen molar-refractivity contribution in [1.82, 2.24) is 0 Å². The largest absolute Gasteiger partial charge is 0.481 e. The minimum absolute atomic E-state index is 0.0228. The van der Waals surface area contributed by atoms with Gasteiger partial charge in [0.05, 0.1) is 12.0 Å². The van der Waals surface area contributed by atoms with Gasteiger partial charge in [-0.05, 0) is 11.3 Å². The Bertz CT molecular complexity index is 273. The Morgan fingerprint density at radius 3 is 2.58 bits per heavy atom. The molecule has 1 N–H and O–H groups in total. The first-order chi connectivity index (χ1) is 5.51. The normalized spacial score (nSPS) is 31.4. The fourth-order valence-electron chi connectivity index (χ4n) is 1.66. The maximum atomic E-state index is 10.6. The molecule has 1 saturated carbocycles. The average molecular weight is 165 g/mol. The van der Waals surface area contributed by atoms with E-state index >= 15 is 0 Å². The lowest BCUT2D eigenvalue weighted by atomic mass is 10.1. The Balaban J connectivity index is 2.68. The molecule has 0 spiro atoms. The quantitative estimate of drug-likeness (QED) is 0.629. The molecule has 2 unspecified atom stereocenters. The molecule has 1 fully saturated rings. The molecule has 0 saturated heterocycles. The molecule has 64 valence electrons. The molecule has 3 nitrogen and oxygen atoms in total. The molecule has 0 aliphatic heterocycles. The molecule has 1 aliphatic carbocycles. The third-order valence-corrected chi connectivity index (χ3v) is 2.55. The molecule has 0 aromatic heterocycles. The molecular formula is C9H11NO2. The monoisotopic (exact) mass is 165 g/mol. The minimum atomic E-state index is -0.771. The van der Waals surface area contributed by atoms with Gasteiger partial charge in [-0.2, -0.15) is 5.26 Å². The number of hydrogen-bond donors (Lipinski definition) is 1. The van der Waals surface area contributed by atoms with Gasteiger partial charge in [-0.3, -0.25) is 4.79 Å². The highest BCUT2D eigenvalue weighted by Crippen LogP contribution is 2.58. The maximum absolute atomic E-state index is 10.6. The highest BCUT2D eigenvalue weighted by atomic mass is 16.4. The lowest BCUT2D eigenvalue weighted by Crippen LogP contribution is -2.02. The van der Waals surface area contributed by atoms with Crippen LogP contribution in [-0.4, -0.2) is 11.1 Å². The van der Waals surface area contributed by atoms with Crippen molar-refractivity contribution in [3.05, 3.63) is 12.2 Å². The SMILES string of the molecule is CC1(C)C(C=CC#N)C1C(=O)O. The topological polar surface area (TPSA) is 61.1 Å². The van der Waals surface area contributed by atoms with Gasteiger partial charge < -0.3 is 5.11 Å². The molecule has 12 heavy (non-hydrogen) atoms. The zero-order valence-electron chi connectivity index (χ0n) is 7.11. The third kappa shape index (κ3) is 1.20. The van der Waals surface area contributed by atoms with Crippen LogP contribution in [0.25, 0.3) is 0 Å². The van der Waals surface area contributed by atoms with Crippen LogP contribution in [0.15, 0.2) is 12.2 Å². The molecule has 0 aromatic rings. The summed E-state index contributed by atoms with van der Waals surface area (Å²) in [6.45, 7) is 3.80. The summed E-state index contributed by atoms with van der Waals surface area (Å²) in [5.74, 6) is -1.07. The summed E-state index contributed by atoms with van der Waals surface area (Å²) in [6, 6.07) is 1.86. The van der Waals surface area contributed by atoms with E-state index < -0.39 is 5.97 Å². The molecule has 0 aromatic carbocycles. The summed E-state index contributed by atoms with van der Waals surface area (Å²) in [5.41, 5.74) is -0.181. The Hall–Kier alpha value is -1.30. The Labute approximate surface area is 71.3 Å². The minimum Gasteiger partial charge on any atom is -0.481 e. The van der Waals surface area contributed by atoms with E-state index in [4.69, 9.17) is 10.4 Å². The van der Waals surface area contributed by atoms with Crippen LogP contribution in [0.1, 0.15) is 13.8 Å². The summed E-state index contributed by atoms with van der Waals surface area (Å²) in [5, 5.41) is 17.0. The van der Waals surface area contributed by atoms with Crippen LogP contribution >= 0.6 is 0 Å². The molecule has 0 radical (unpaired) electrons. The average Bonchev–Trinajstić information content (AvgIpc) is 2.49. The zero-order chi connectivity index (χ0) is 9.35. The van der Waals surface area contributed by atoms with Crippen molar-refractivity contribution in [2.24, 2.45) is 17.3 Å². The van der Waals surface area contributed by atoms with Gasteiger partial charge in [-0.1, -0.05) is 19.9 Å². The van der Waals surface area contributed by atoms with E-state index in [0.717, 1.165) is 0 Å². The number of carboxylic acid groups (broad SMARTS) is 1. The van der Waals surface area contributed by atoms with Gasteiger partial charge in [0.1, 0.15) is 0 Å². The van der Waals surface area contributed by atoms with E-state index in [1.54, 1.807) is 6.08 Å². The number of nitriles is 1. The molecule has 0 bridgehead atoms. The van der Waals surface area contributed by atoms with Gasteiger partial charge >= 0.3 is 5.97 Å². The lowest BCUT2D eigenvalue weighted by molar-refractivity contribution is -0.139. The van der Waals surface area contributed by atoms with Crippen LogP contribution in [0.5, 0.6) is 0 Å². The van der Waals surface area contributed by atoms with Crippen molar-refractivity contribution in [1.29, 1.82) is 5.26 Å². The van der Waals surface area contributed by atoms with Crippen molar-refractivity contribution >= 4 is 5.97 Å². The highest BCUT2D eigenvalue weighted by molar-refractivity contribution is 5.76. The van der Waals surface area contributed by atoms with E-state index in [0.29, 0.717) is 0 Å². The van der Waals surface area contributed by atoms with E-state index in [2.05, 4.69) is 0 Å². The molecule has 3 heteroatoms. The first kappa shape index (κ1) is 8.79. The number of aliphatic carboxylic acids is 1. The second-order valence-corrected chi connectivity index (χ2v) is 3.65. The third-order valence-electron chi connectivity index (χ3n) is 2.55. The number of carboxylic acids is 1. The van der Waals surface area contributed by atoms with Gasteiger partial charge in [-0.15, -0.1) is 0 Å². The summed E-state index contributed by atoms with van der Waals surface area (Å²) in [7, 11) is 0. The fraction of sp³-hybridized carbons (Fsp3) is 0.556. The van der Waals surface area contributed by atoms with Crippen LogP contribution in [0.4, 0.5) is 0 Å². The maximum Gasteiger partial charge on any atom is 0.307 e. The van der Waals surface area contributed by atoms with Gasteiger partial charge in [0.25, 0.3) is 0 Å². The highest BCUT2D eigenvalue weighted by Gasteiger charge is 2.60. The number of rotatable bonds is 2. The summed E-state index contributed by atoms with van der Waals surface area (Å²) >= 11 is 0. The van der Waals surface area contributed by atoms with E-state index in [1.807, 2.05) is 19.9 Å². The van der Waals surface area contributed by atoms with Crippen LogP contribution in [0.3, 0.4) is 0 Å². The standard InChI is InChI=1S/C9H11NO2/c1-9(2)6(4-3-5-10)7(9)8(11)12/h3-4,6-7H,1-2H3,(H,11,12). The second-order valence-electron chi connectivity index (χ2n) is 3.65. The fourth-order valence-corrected chi connectivity index (χ4v) is 1.66. The van der Waals surface area contributed by atoms with Crippen LogP contribution < -0.4 is 0 Å². The van der Waals surface area contributed by atoms with E-state index in [-0.39, 0.29) is 17.3 Å². The number of carbonyl (C=O) groups is 1. The van der Waals surface area contributed by atoms with Gasteiger partial charge in [0.15, 0.2) is 0 Å². The molecular weight excluding hydrogens is 154 g/mol. The Kier molecular flexibility index (Phi) is 1.93. The van der Waals surface area contributed by atoms with E-state index in [1.165, 1.54) is 6.08 Å². The van der Waals surface area contributed by atoms with Crippen molar-refractivity contribution in [3.8, 4) is 6.07 Å². The Morgan fingerprint density at radius 1 is 1.67 bits per heavy atom. The van der Waals surface area contributed by atoms with Crippen LogP contribution in [0, 0.1) is 28.6 Å². The van der Waals surface area contributed by atoms with Crippen LogP contribution in [0.2, 0.25) is 0 Å². The lowest BCUT2D eigenvalue weighted by Gasteiger charge is -1.95. The molecule has 0 heterocycles. The van der Waals surface area contributed by atoms with Gasteiger partial charge in [0.2, 0.25) is 0 Å². The first-order valence-corrected chi connectivity index (χ1v) is 3.81. The summed E-state index contributed by atoms with van der Waals surface area (Å²) in [6.07, 6.45) is 3.04. The summed E-state index contributed by atoms with van der Waals surface area (Å²) < 4.78 is 0. The number of nitrogens with zero attached hydrogens (tertiary/aromatic N) is 1. The van der Waals surface area contributed by atoms with Crippen molar-refractivity contribution < 1.29 is 9.90 Å². The van der Waals surface area contributed by atoms with Gasteiger partial charge in [-0.25, -0.2) is 0 Å². The Morgan fingerprint density at radius 2 is 2.25 bits per heavy atom. The van der Waals surface area contributed by atoms with Crippen molar-refractivity contribution in [2.45, 2.75) is 13.8 Å². The predicted molar refractivity (Wildman–Crippen MR) is 43.1 cm³/mol.